The summed E-state index contributed by atoms with van der Waals surface area (Å²) in [6.07, 6.45) is 0. The fraction of sp³-hybridized carbons (Fsp3) is 0.0833. The molecule has 0 radical (unpaired) electrons. The molecule has 0 saturated carbocycles. The molecule has 1 heterocycles. The van der Waals surface area contributed by atoms with Crippen LogP contribution in [-0.4, -0.2) is 27.8 Å². The van der Waals surface area contributed by atoms with E-state index < -0.39 is 11.8 Å². The number of halogens is 2. The van der Waals surface area contributed by atoms with Crippen molar-refractivity contribution < 1.29 is 14.3 Å². The minimum absolute atomic E-state index is 0.251. The van der Waals surface area contributed by atoms with E-state index in [1.54, 1.807) is 24.3 Å². The fourth-order valence-electron chi connectivity index (χ4n) is 1.43. The van der Waals surface area contributed by atoms with E-state index in [4.69, 9.17) is 5.11 Å². The van der Waals surface area contributed by atoms with E-state index in [-0.39, 0.29) is 6.54 Å². The number of benzene rings is 1. The summed E-state index contributed by atoms with van der Waals surface area (Å²) in [6.45, 7) is -0.251. The molecule has 1 aromatic carbocycles. The lowest BCUT2D eigenvalue weighted by Crippen LogP contribution is -2.13. The quantitative estimate of drug-likeness (QED) is 0.903. The summed E-state index contributed by atoms with van der Waals surface area (Å²) in [5.41, 5.74) is 0.700. The third-order valence-corrected chi connectivity index (χ3v) is 2.78. The number of aromatic nitrogens is 2. The van der Waals surface area contributed by atoms with Crippen molar-refractivity contribution >= 4 is 27.7 Å². The molecule has 0 aliphatic carbocycles. The first-order valence-corrected chi connectivity index (χ1v) is 6.10. The third-order valence-electron chi connectivity index (χ3n) is 2.29. The lowest BCUT2D eigenvalue weighted by molar-refractivity contribution is -0.134. The summed E-state index contributed by atoms with van der Waals surface area (Å²) in [6, 6.07) is 7.64. The van der Waals surface area contributed by atoms with Crippen LogP contribution in [0.1, 0.15) is 0 Å². The van der Waals surface area contributed by atoms with Crippen molar-refractivity contribution in [3.8, 4) is 11.3 Å². The highest BCUT2D eigenvalue weighted by molar-refractivity contribution is 9.10. The van der Waals surface area contributed by atoms with Gasteiger partial charge in [0.05, 0.1) is 5.69 Å². The Labute approximate surface area is 116 Å². The van der Waals surface area contributed by atoms with Crippen molar-refractivity contribution in [2.45, 2.75) is 0 Å². The highest BCUT2D eigenvalue weighted by Crippen LogP contribution is 2.24. The van der Waals surface area contributed by atoms with Crippen molar-refractivity contribution in [2.24, 2.45) is 0 Å². The average Bonchev–Trinajstić information content (AvgIpc) is 2.40. The van der Waals surface area contributed by atoms with Gasteiger partial charge in [0.2, 0.25) is 0 Å². The van der Waals surface area contributed by atoms with Crippen LogP contribution in [0.15, 0.2) is 34.8 Å². The van der Waals surface area contributed by atoms with Crippen molar-refractivity contribution in [2.75, 3.05) is 11.9 Å². The molecule has 0 atom stereocenters. The van der Waals surface area contributed by atoms with E-state index in [0.717, 1.165) is 4.47 Å². The van der Waals surface area contributed by atoms with Crippen LogP contribution in [0.3, 0.4) is 0 Å². The molecule has 0 bridgehead atoms. The van der Waals surface area contributed by atoms with Crippen molar-refractivity contribution in [3.05, 3.63) is 40.6 Å². The van der Waals surface area contributed by atoms with Gasteiger partial charge in [-0.3, -0.25) is 4.79 Å². The SMILES string of the molecule is O=C(O)CNc1ccc(-c2cc(Br)ccc2F)nn1. The van der Waals surface area contributed by atoms with E-state index >= 15 is 0 Å². The largest absolute Gasteiger partial charge is 0.480 e. The molecule has 2 N–H and O–H groups in total. The van der Waals surface area contributed by atoms with Crippen LogP contribution in [-0.2, 0) is 4.79 Å². The molecule has 2 rings (SSSR count). The number of nitrogens with one attached hydrogen (secondary N) is 1. The Bertz CT molecular complexity index is 604. The number of hydrogen-bond donors (Lipinski definition) is 2. The third kappa shape index (κ3) is 3.47. The smallest absolute Gasteiger partial charge is 0.322 e. The van der Waals surface area contributed by atoms with Crippen molar-refractivity contribution in [3.63, 3.8) is 0 Å². The maximum absolute atomic E-state index is 13.6. The second-order valence-corrected chi connectivity index (χ2v) is 4.59. The maximum atomic E-state index is 13.6. The van der Waals surface area contributed by atoms with E-state index in [2.05, 4.69) is 31.4 Å². The Morgan fingerprint density at radius 1 is 1.32 bits per heavy atom. The predicted molar refractivity (Wildman–Crippen MR) is 71.3 cm³/mol. The standard InChI is InChI=1S/C12H9BrFN3O2/c13-7-1-2-9(14)8(5-7)10-3-4-11(17-16-10)15-6-12(18)19/h1-5H,6H2,(H,15,17)(H,18,19). The van der Waals surface area contributed by atoms with Crippen LogP contribution in [0, 0.1) is 5.82 Å². The number of carboxylic acid groups (broad SMARTS) is 1. The molecule has 0 aliphatic rings. The zero-order valence-corrected chi connectivity index (χ0v) is 11.2. The second-order valence-electron chi connectivity index (χ2n) is 3.68. The van der Waals surface area contributed by atoms with Crippen molar-refractivity contribution in [1.29, 1.82) is 0 Å². The molecule has 0 unspecified atom stereocenters. The highest BCUT2D eigenvalue weighted by atomic mass is 79.9. The molecule has 0 aliphatic heterocycles. The Balaban J connectivity index is 2.22. The normalized spacial score (nSPS) is 10.2. The molecule has 0 amide bonds. The molecule has 0 saturated heterocycles. The van der Waals surface area contributed by atoms with Crippen LogP contribution >= 0.6 is 15.9 Å². The summed E-state index contributed by atoms with van der Waals surface area (Å²) >= 11 is 3.26. The summed E-state index contributed by atoms with van der Waals surface area (Å²) in [7, 11) is 0. The topological polar surface area (TPSA) is 75.1 Å². The monoisotopic (exact) mass is 325 g/mol. The highest BCUT2D eigenvalue weighted by Gasteiger charge is 2.08. The van der Waals surface area contributed by atoms with Crippen LogP contribution in [0.25, 0.3) is 11.3 Å². The zero-order valence-electron chi connectivity index (χ0n) is 9.60. The molecule has 5 nitrogen and oxygen atoms in total. The number of hydrogen-bond acceptors (Lipinski definition) is 4. The number of aliphatic carboxylic acids is 1. The summed E-state index contributed by atoms with van der Waals surface area (Å²) in [5, 5.41) is 18.7. The number of rotatable bonds is 4. The predicted octanol–water partition coefficient (Wildman–Crippen LogP) is 2.54. The summed E-state index contributed by atoms with van der Waals surface area (Å²) in [5.74, 6) is -1.07. The molecule has 1 aromatic heterocycles. The molecule has 0 fully saturated rings. The minimum atomic E-state index is -0.996. The van der Waals surface area contributed by atoms with Gasteiger partial charge in [-0.25, -0.2) is 4.39 Å². The number of anilines is 1. The molecule has 19 heavy (non-hydrogen) atoms. The molecular formula is C12H9BrFN3O2. The van der Waals surface area contributed by atoms with Gasteiger partial charge in [0, 0.05) is 10.0 Å². The Morgan fingerprint density at radius 2 is 2.11 bits per heavy atom. The number of nitrogens with zero attached hydrogens (tertiary/aromatic N) is 2. The van der Waals surface area contributed by atoms with Crippen LogP contribution in [0.4, 0.5) is 10.2 Å². The minimum Gasteiger partial charge on any atom is -0.480 e. The first-order valence-electron chi connectivity index (χ1n) is 5.31. The number of carboxylic acids is 1. The maximum Gasteiger partial charge on any atom is 0.322 e. The van der Waals surface area contributed by atoms with E-state index in [1.165, 1.54) is 6.07 Å². The Morgan fingerprint density at radius 3 is 2.74 bits per heavy atom. The molecule has 98 valence electrons. The number of carbonyl (C=O) groups is 1. The van der Waals surface area contributed by atoms with Crippen LogP contribution in [0.2, 0.25) is 0 Å². The van der Waals surface area contributed by atoms with Gasteiger partial charge in [-0.1, -0.05) is 15.9 Å². The summed E-state index contributed by atoms with van der Waals surface area (Å²) < 4.78 is 14.4. The van der Waals surface area contributed by atoms with Gasteiger partial charge in [-0.05, 0) is 30.3 Å². The van der Waals surface area contributed by atoms with Crippen LogP contribution in [0.5, 0.6) is 0 Å². The van der Waals surface area contributed by atoms with E-state index in [0.29, 0.717) is 17.1 Å². The van der Waals surface area contributed by atoms with Crippen molar-refractivity contribution in [1.82, 2.24) is 10.2 Å². The van der Waals surface area contributed by atoms with Gasteiger partial charge < -0.3 is 10.4 Å². The van der Waals surface area contributed by atoms with Gasteiger partial charge in [0.1, 0.15) is 18.2 Å². The van der Waals surface area contributed by atoms with Gasteiger partial charge in [-0.15, -0.1) is 10.2 Å². The second kappa shape index (κ2) is 5.75. The van der Waals surface area contributed by atoms with E-state index in [9.17, 15) is 9.18 Å². The average molecular weight is 326 g/mol. The first-order chi connectivity index (χ1) is 9.06. The summed E-state index contributed by atoms with van der Waals surface area (Å²) in [4.78, 5) is 10.4. The van der Waals surface area contributed by atoms with E-state index in [1.807, 2.05) is 0 Å². The van der Waals surface area contributed by atoms with Gasteiger partial charge in [0.15, 0.2) is 0 Å². The molecule has 0 spiro atoms. The Kier molecular flexibility index (Phi) is 4.06. The first kappa shape index (κ1) is 13.4. The van der Waals surface area contributed by atoms with Crippen LogP contribution < -0.4 is 5.32 Å². The molecular weight excluding hydrogens is 317 g/mol. The fourth-order valence-corrected chi connectivity index (χ4v) is 1.79. The molecule has 7 heteroatoms. The van der Waals surface area contributed by atoms with Gasteiger partial charge >= 0.3 is 5.97 Å². The molecule has 2 aromatic rings. The van der Waals surface area contributed by atoms with Gasteiger partial charge in [0.25, 0.3) is 0 Å². The lowest BCUT2D eigenvalue weighted by Gasteiger charge is -2.05. The van der Waals surface area contributed by atoms with Gasteiger partial charge in [-0.2, -0.15) is 0 Å². The Hall–Kier alpha value is -2.02. The zero-order chi connectivity index (χ0) is 13.8. The lowest BCUT2D eigenvalue weighted by atomic mass is 10.1.